The van der Waals surface area contributed by atoms with Crippen LogP contribution < -0.4 is 9.47 Å². The van der Waals surface area contributed by atoms with E-state index >= 15 is 0 Å². The fourth-order valence-electron chi connectivity index (χ4n) is 3.45. The van der Waals surface area contributed by atoms with Gasteiger partial charge in [0.15, 0.2) is 0 Å². The van der Waals surface area contributed by atoms with Gasteiger partial charge in [-0.2, -0.15) is 0 Å². The predicted molar refractivity (Wildman–Crippen MR) is 110 cm³/mol. The van der Waals surface area contributed by atoms with E-state index in [0.717, 1.165) is 41.9 Å². The van der Waals surface area contributed by atoms with Crippen molar-refractivity contribution in [3.8, 4) is 23.3 Å². The quantitative estimate of drug-likeness (QED) is 0.617. The minimum atomic E-state index is 0.171. The lowest BCUT2D eigenvalue weighted by Crippen LogP contribution is -1.94. The van der Waals surface area contributed by atoms with Crippen LogP contribution in [0.25, 0.3) is 11.1 Å². The Hall–Kier alpha value is -2.70. The highest BCUT2D eigenvalue weighted by Crippen LogP contribution is 2.37. The van der Waals surface area contributed by atoms with Gasteiger partial charge in [0, 0.05) is 18.6 Å². The zero-order chi connectivity index (χ0) is 19.1. The summed E-state index contributed by atoms with van der Waals surface area (Å²) in [6, 6.07) is 14.4. The topological polar surface area (TPSA) is 38.7 Å². The number of methoxy groups -OCH3 is 2. The van der Waals surface area contributed by atoms with Crippen LogP contribution in [0.4, 0.5) is 0 Å². The third-order valence-electron chi connectivity index (χ3n) is 4.85. The van der Waals surface area contributed by atoms with Crippen molar-refractivity contribution in [1.29, 1.82) is 0 Å². The van der Waals surface area contributed by atoms with Crippen molar-refractivity contribution < 1.29 is 14.6 Å². The number of hydrogen-bond acceptors (Lipinski definition) is 3. The highest BCUT2D eigenvalue weighted by atomic mass is 16.5. The molecule has 3 nitrogen and oxygen atoms in total. The van der Waals surface area contributed by atoms with Crippen molar-refractivity contribution in [3.63, 3.8) is 0 Å². The molecular weight excluding hydrogens is 336 g/mol. The summed E-state index contributed by atoms with van der Waals surface area (Å²) in [5.41, 5.74) is 5.96. The maximum Gasteiger partial charge on any atom is 0.119 e. The minimum Gasteiger partial charge on any atom is -0.497 e. The molecule has 1 aliphatic rings. The summed E-state index contributed by atoms with van der Waals surface area (Å²) in [6.45, 7) is 0.171. The molecule has 2 aromatic rings. The monoisotopic (exact) mass is 362 g/mol. The molecule has 0 amide bonds. The van der Waals surface area contributed by atoms with Gasteiger partial charge in [0.25, 0.3) is 0 Å². The molecule has 0 saturated heterocycles. The zero-order valence-corrected chi connectivity index (χ0v) is 16.0. The van der Waals surface area contributed by atoms with Gasteiger partial charge in [-0.05, 0) is 78.3 Å². The third-order valence-corrected chi connectivity index (χ3v) is 4.85. The standard InChI is InChI=1S/C24H26O3/c1-26-20-10-6-8-18(16-20)22-12-7-9-19-17-21(27-2)13-14-23(19)24(22)11-4-3-5-15-25/h6,8,10,13-14,16-17,25H,3,5,7,9,12,15H2,1-2H3. The summed E-state index contributed by atoms with van der Waals surface area (Å²) in [4.78, 5) is 0. The summed E-state index contributed by atoms with van der Waals surface area (Å²) in [7, 11) is 3.39. The number of fused-ring (bicyclic) bond motifs is 1. The molecule has 1 N–H and O–H groups in total. The fourth-order valence-corrected chi connectivity index (χ4v) is 3.45. The van der Waals surface area contributed by atoms with Crippen LogP contribution in [-0.4, -0.2) is 25.9 Å². The number of aryl methyl sites for hydroxylation is 1. The Bertz CT molecular complexity index is 884. The Kier molecular flexibility index (Phi) is 6.57. The van der Waals surface area contributed by atoms with E-state index in [1.807, 2.05) is 18.2 Å². The van der Waals surface area contributed by atoms with Gasteiger partial charge in [-0.1, -0.05) is 24.0 Å². The molecule has 0 aliphatic heterocycles. The molecule has 1 aliphatic carbocycles. The molecule has 0 atom stereocenters. The molecule has 3 rings (SSSR count). The number of allylic oxidation sites excluding steroid dienone is 2. The van der Waals surface area contributed by atoms with Crippen LogP contribution >= 0.6 is 0 Å². The van der Waals surface area contributed by atoms with Crippen LogP contribution in [0.5, 0.6) is 11.5 Å². The summed E-state index contributed by atoms with van der Waals surface area (Å²) in [5.74, 6) is 8.40. The number of benzene rings is 2. The summed E-state index contributed by atoms with van der Waals surface area (Å²) in [6.07, 6.45) is 4.42. The van der Waals surface area contributed by atoms with Crippen molar-refractivity contribution >= 4 is 11.1 Å². The first-order valence-corrected chi connectivity index (χ1v) is 9.41. The lowest BCUT2D eigenvalue weighted by Gasteiger charge is -2.13. The van der Waals surface area contributed by atoms with Crippen LogP contribution in [0, 0.1) is 11.8 Å². The lowest BCUT2D eigenvalue weighted by molar-refractivity contribution is 0.290. The normalized spacial score (nSPS) is 13.3. The van der Waals surface area contributed by atoms with Crippen LogP contribution in [0.1, 0.15) is 42.4 Å². The van der Waals surface area contributed by atoms with E-state index in [1.165, 1.54) is 16.7 Å². The summed E-state index contributed by atoms with van der Waals surface area (Å²) >= 11 is 0. The number of hydrogen-bond donors (Lipinski definition) is 1. The van der Waals surface area contributed by atoms with E-state index in [1.54, 1.807) is 14.2 Å². The molecule has 0 saturated carbocycles. The first-order valence-electron chi connectivity index (χ1n) is 9.41. The summed E-state index contributed by atoms with van der Waals surface area (Å²) < 4.78 is 10.8. The Balaban J connectivity index is 2.14. The van der Waals surface area contributed by atoms with E-state index in [2.05, 4.69) is 36.1 Å². The maximum atomic E-state index is 9.04. The molecule has 0 heterocycles. The molecule has 0 unspecified atom stereocenters. The van der Waals surface area contributed by atoms with E-state index in [0.29, 0.717) is 12.8 Å². The smallest absolute Gasteiger partial charge is 0.119 e. The van der Waals surface area contributed by atoms with E-state index in [-0.39, 0.29) is 6.61 Å². The van der Waals surface area contributed by atoms with Crippen molar-refractivity contribution in [2.24, 2.45) is 0 Å². The second-order valence-electron chi connectivity index (χ2n) is 6.59. The number of ether oxygens (including phenoxy) is 2. The molecule has 0 radical (unpaired) electrons. The Morgan fingerprint density at radius 3 is 2.59 bits per heavy atom. The lowest BCUT2D eigenvalue weighted by atomic mass is 9.92. The SMILES string of the molecule is COc1cccc(C2=C(C#CCCCO)c3ccc(OC)cc3CCC2)c1. The molecule has 140 valence electrons. The van der Waals surface area contributed by atoms with Crippen LogP contribution in [0.2, 0.25) is 0 Å². The second kappa shape index (κ2) is 9.30. The van der Waals surface area contributed by atoms with Gasteiger partial charge in [-0.25, -0.2) is 0 Å². The van der Waals surface area contributed by atoms with E-state index < -0.39 is 0 Å². The number of rotatable bonds is 5. The third kappa shape index (κ3) is 4.53. The van der Waals surface area contributed by atoms with Crippen LogP contribution in [0.3, 0.4) is 0 Å². The molecule has 0 fully saturated rings. The zero-order valence-electron chi connectivity index (χ0n) is 16.0. The molecule has 27 heavy (non-hydrogen) atoms. The second-order valence-corrected chi connectivity index (χ2v) is 6.59. The first kappa shape index (κ1) is 19.1. The van der Waals surface area contributed by atoms with Gasteiger partial charge in [0.05, 0.1) is 14.2 Å². The molecule has 0 aromatic heterocycles. The van der Waals surface area contributed by atoms with Crippen LogP contribution in [-0.2, 0) is 6.42 Å². The summed E-state index contributed by atoms with van der Waals surface area (Å²) in [5, 5.41) is 9.04. The number of aliphatic hydroxyl groups excluding tert-OH is 1. The Morgan fingerprint density at radius 1 is 1.00 bits per heavy atom. The predicted octanol–water partition coefficient (Wildman–Crippen LogP) is 4.73. The Morgan fingerprint density at radius 2 is 1.81 bits per heavy atom. The van der Waals surface area contributed by atoms with Gasteiger partial charge in [-0.3, -0.25) is 0 Å². The average molecular weight is 362 g/mol. The minimum absolute atomic E-state index is 0.171. The average Bonchev–Trinajstić information content (AvgIpc) is 2.90. The highest BCUT2D eigenvalue weighted by Gasteiger charge is 2.18. The molecule has 0 spiro atoms. The molecule has 2 aromatic carbocycles. The van der Waals surface area contributed by atoms with Gasteiger partial charge >= 0.3 is 0 Å². The van der Waals surface area contributed by atoms with Gasteiger partial charge < -0.3 is 14.6 Å². The van der Waals surface area contributed by atoms with Gasteiger partial charge in [0.1, 0.15) is 11.5 Å². The van der Waals surface area contributed by atoms with Crippen molar-refractivity contribution in [3.05, 3.63) is 59.2 Å². The molecular formula is C24H26O3. The van der Waals surface area contributed by atoms with Gasteiger partial charge in [-0.15, -0.1) is 0 Å². The first-order chi connectivity index (χ1) is 13.3. The fraction of sp³-hybridized carbons (Fsp3) is 0.333. The maximum absolute atomic E-state index is 9.04. The van der Waals surface area contributed by atoms with Crippen molar-refractivity contribution in [2.45, 2.75) is 32.1 Å². The van der Waals surface area contributed by atoms with Crippen molar-refractivity contribution in [2.75, 3.05) is 20.8 Å². The van der Waals surface area contributed by atoms with E-state index in [9.17, 15) is 0 Å². The Labute approximate surface area is 161 Å². The van der Waals surface area contributed by atoms with Crippen molar-refractivity contribution in [1.82, 2.24) is 0 Å². The highest BCUT2D eigenvalue weighted by molar-refractivity contribution is 5.99. The number of unbranched alkanes of at least 4 members (excludes halogenated alkanes) is 1. The van der Waals surface area contributed by atoms with E-state index in [4.69, 9.17) is 14.6 Å². The molecule has 0 bridgehead atoms. The largest absolute Gasteiger partial charge is 0.497 e. The molecule has 3 heteroatoms. The van der Waals surface area contributed by atoms with Gasteiger partial charge in [0.2, 0.25) is 0 Å². The number of aliphatic hydroxyl groups is 1. The van der Waals surface area contributed by atoms with Crippen LogP contribution in [0.15, 0.2) is 42.5 Å².